The number of carbonyl (C=O) groups is 2. The van der Waals surface area contributed by atoms with Gasteiger partial charge in [-0.2, -0.15) is 0 Å². The summed E-state index contributed by atoms with van der Waals surface area (Å²) in [4.78, 5) is 26.8. The van der Waals surface area contributed by atoms with Gasteiger partial charge in [-0.3, -0.25) is 9.69 Å². The van der Waals surface area contributed by atoms with Gasteiger partial charge in [-0.25, -0.2) is 4.79 Å². The van der Waals surface area contributed by atoms with Gasteiger partial charge in [0.1, 0.15) is 6.54 Å². The summed E-state index contributed by atoms with van der Waals surface area (Å²) in [5.74, 6) is -0.0921. The standard InChI is InChI=1S/C23H44N2O4/c1-22(2,12-6-9-15-26)13-7-10-16-29-17-11-8-14-23(3,4)19-25-20(27)18-24(5)21(25)28/h26H,6-19H2,1-5H3. The largest absolute Gasteiger partial charge is 0.396 e. The molecule has 0 aromatic heterocycles. The number of aliphatic hydroxyl groups excluding tert-OH is 1. The molecular formula is C23H44N2O4. The van der Waals surface area contributed by atoms with Gasteiger partial charge in [0.15, 0.2) is 0 Å². The third kappa shape index (κ3) is 10.4. The SMILES string of the molecule is CN1CC(=O)N(CC(C)(C)CCCCOCCCCC(C)(C)CCCCO)C1=O. The summed E-state index contributed by atoms with van der Waals surface area (Å²) >= 11 is 0. The Labute approximate surface area is 178 Å². The van der Waals surface area contributed by atoms with Crippen molar-refractivity contribution in [2.45, 2.75) is 85.5 Å². The molecule has 6 heteroatoms. The predicted molar refractivity (Wildman–Crippen MR) is 117 cm³/mol. The van der Waals surface area contributed by atoms with E-state index in [9.17, 15) is 9.59 Å². The number of nitrogens with zero attached hydrogens (tertiary/aromatic N) is 2. The molecule has 0 aromatic rings. The molecule has 29 heavy (non-hydrogen) atoms. The van der Waals surface area contributed by atoms with Crippen molar-refractivity contribution in [2.24, 2.45) is 10.8 Å². The van der Waals surface area contributed by atoms with E-state index < -0.39 is 0 Å². The van der Waals surface area contributed by atoms with Crippen LogP contribution in [0.25, 0.3) is 0 Å². The Hall–Kier alpha value is -1.14. The predicted octanol–water partition coefficient (Wildman–Crippen LogP) is 4.45. The highest BCUT2D eigenvalue weighted by atomic mass is 16.5. The van der Waals surface area contributed by atoms with Crippen LogP contribution in [0.1, 0.15) is 85.5 Å². The molecule has 0 aromatic carbocycles. The second-order valence-corrected chi connectivity index (χ2v) is 10.2. The number of ether oxygens (including phenoxy) is 1. The Balaban J connectivity index is 2.06. The number of imide groups is 1. The molecule has 0 aliphatic carbocycles. The molecule has 1 rings (SSSR count). The molecule has 1 saturated heterocycles. The van der Waals surface area contributed by atoms with Gasteiger partial charge < -0.3 is 14.7 Å². The Morgan fingerprint density at radius 2 is 1.38 bits per heavy atom. The number of likely N-dealkylation sites (N-methyl/N-ethyl adjacent to an activating group) is 1. The molecule has 0 atom stereocenters. The van der Waals surface area contributed by atoms with Crippen LogP contribution in [-0.4, -0.2) is 66.8 Å². The highest BCUT2D eigenvalue weighted by Crippen LogP contribution is 2.29. The van der Waals surface area contributed by atoms with Crippen LogP contribution in [0.4, 0.5) is 4.79 Å². The first kappa shape index (κ1) is 25.9. The fraction of sp³-hybridized carbons (Fsp3) is 0.913. The van der Waals surface area contributed by atoms with E-state index in [0.717, 1.165) is 51.7 Å². The average Bonchev–Trinajstić information content (AvgIpc) is 2.86. The van der Waals surface area contributed by atoms with Gasteiger partial charge in [-0.15, -0.1) is 0 Å². The lowest BCUT2D eigenvalue weighted by Gasteiger charge is -2.29. The first-order chi connectivity index (χ1) is 13.6. The summed E-state index contributed by atoms with van der Waals surface area (Å²) in [7, 11) is 1.67. The average molecular weight is 413 g/mol. The van der Waals surface area contributed by atoms with Gasteiger partial charge in [0.2, 0.25) is 5.91 Å². The van der Waals surface area contributed by atoms with Crippen LogP contribution in [0.15, 0.2) is 0 Å². The molecule has 6 nitrogen and oxygen atoms in total. The third-order valence-corrected chi connectivity index (χ3v) is 5.86. The highest BCUT2D eigenvalue weighted by Gasteiger charge is 2.36. The fourth-order valence-electron chi connectivity index (χ4n) is 3.89. The van der Waals surface area contributed by atoms with Crippen LogP contribution in [0.3, 0.4) is 0 Å². The Bertz CT molecular complexity index is 505. The lowest BCUT2D eigenvalue weighted by molar-refractivity contribution is -0.126. The van der Waals surface area contributed by atoms with Gasteiger partial charge in [-0.1, -0.05) is 47.0 Å². The number of urea groups is 1. The van der Waals surface area contributed by atoms with Crippen LogP contribution < -0.4 is 0 Å². The number of amides is 3. The van der Waals surface area contributed by atoms with E-state index in [1.165, 1.54) is 29.1 Å². The molecule has 1 fully saturated rings. The topological polar surface area (TPSA) is 70.1 Å². The van der Waals surface area contributed by atoms with E-state index in [1.807, 2.05) is 0 Å². The van der Waals surface area contributed by atoms with E-state index in [1.54, 1.807) is 7.05 Å². The minimum Gasteiger partial charge on any atom is -0.396 e. The van der Waals surface area contributed by atoms with Crippen LogP contribution >= 0.6 is 0 Å². The van der Waals surface area contributed by atoms with Crippen molar-refractivity contribution in [1.82, 2.24) is 9.80 Å². The van der Waals surface area contributed by atoms with E-state index in [0.29, 0.717) is 18.6 Å². The van der Waals surface area contributed by atoms with Crippen molar-refractivity contribution in [3.05, 3.63) is 0 Å². The summed E-state index contributed by atoms with van der Waals surface area (Å²) in [6, 6.07) is -0.178. The molecule has 1 aliphatic heterocycles. The molecule has 1 aliphatic rings. The number of unbranched alkanes of at least 4 members (excludes halogenated alkanes) is 3. The van der Waals surface area contributed by atoms with Crippen LogP contribution in [-0.2, 0) is 9.53 Å². The molecule has 3 amide bonds. The number of hydrogen-bond donors (Lipinski definition) is 1. The Morgan fingerprint density at radius 1 is 0.862 bits per heavy atom. The number of hydrogen-bond acceptors (Lipinski definition) is 4. The van der Waals surface area contributed by atoms with Crippen molar-refractivity contribution in [2.75, 3.05) is 40.0 Å². The number of aliphatic hydroxyl groups is 1. The summed E-state index contributed by atoms with van der Waals surface area (Å²) in [5, 5.41) is 8.89. The molecule has 0 unspecified atom stereocenters. The van der Waals surface area contributed by atoms with E-state index in [2.05, 4.69) is 27.7 Å². The monoisotopic (exact) mass is 412 g/mol. The highest BCUT2D eigenvalue weighted by molar-refractivity contribution is 6.01. The second-order valence-electron chi connectivity index (χ2n) is 10.2. The minimum atomic E-state index is -0.178. The maximum atomic E-state index is 12.0. The Morgan fingerprint density at radius 3 is 1.86 bits per heavy atom. The summed E-state index contributed by atoms with van der Waals surface area (Å²) in [6.45, 7) is 11.5. The van der Waals surface area contributed by atoms with Crippen molar-refractivity contribution in [1.29, 1.82) is 0 Å². The maximum absolute atomic E-state index is 12.0. The van der Waals surface area contributed by atoms with Crippen molar-refractivity contribution in [3.8, 4) is 0 Å². The van der Waals surface area contributed by atoms with Gasteiger partial charge in [-0.05, 0) is 49.4 Å². The van der Waals surface area contributed by atoms with Crippen molar-refractivity contribution in [3.63, 3.8) is 0 Å². The maximum Gasteiger partial charge on any atom is 0.326 e. The first-order valence-electron chi connectivity index (χ1n) is 11.3. The third-order valence-electron chi connectivity index (χ3n) is 5.86. The quantitative estimate of drug-likeness (QED) is 0.300. The van der Waals surface area contributed by atoms with Crippen LogP contribution in [0, 0.1) is 10.8 Å². The van der Waals surface area contributed by atoms with Gasteiger partial charge >= 0.3 is 6.03 Å². The van der Waals surface area contributed by atoms with Crippen molar-refractivity contribution >= 4 is 11.9 Å². The van der Waals surface area contributed by atoms with Gasteiger partial charge in [0, 0.05) is 33.4 Å². The van der Waals surface area contributed by atoms with Gasteiger partial charge in [0.25, 0.3) is 0 Å². The minimum absolute atomic E-state index is 0.0713. The number of carbonyl (C=O) groups excluding carboxylic acids is 2. The zero-order valence-electron chi connectivity index (χ0n) is 19.5. The zero-order chi connectivity index (χ0) is 21.9. The molecule has 0 bridgehead atoms. The lowest BCUT2D eigenvalue weighted by atomic mass is 9.82. The smallest absolute Gasteiger partial charge is 0.326 e. The first-order valence-corrected chi connectivity index (χ1v) is 11.3. The van der Waals surface area contributed by atoms with Crippen LogP contribution in [0.2, 0.25) is 0 Å². The summed E-state index contributed by atoms with van der Waals surface area (Å²) < 4.78 is 5.78. The normalized spacial score (nSPS) is 15.7. The zero-order valence-corrected chi connectivity index (χ0v) is 19.5. The molecule has 0 spiro atoms. The van der Waals surface area contributed by atoms with Gasteiger partial charge in [0.05, 0.1) is 0 Å². The van der Waals surface area contributed by atoms with Crippen molar-refractivity contribution < 1.29 is 19.4 Å². The molecule has 1 N–H and O–H groups in total. The summed E-state index contributed by atoms with van der Waals surface area (Å²) in [6.07, 6.45) is 9.70. The molecule has 1 heterocycles. The lowest BCUT2D eigenvalue weighted by Crippen LogP contribution is -2.39. The molecule has 170 valence electrons. The van der Waals surface area contributed by atoms with Crippen LogP contribution in [0.5, 0.6) is 0 Å². The van der Waals surface area contributed by atoms with E-state index >= 15 is 0 Å². The van der Waals surface area contributed by atoms with E-state index in [-0.39, 0.29) is 23.9 Å². The second kappa shape index (κ2) is 12.5. The molecule has 0 radical (unpaired) electrons. The summed E-state index contributed by atoms with van der Waals surface area (Å²) in [5.41, 5.74) is 0.284. The molecular weight excluding hydrogens is 368 g/mol. The Kier molecular flexibility index (Phi) is 11.2. The fourth-order valence-corrected chi connectivity index (χ4v) is 3.89. The molecule has 0 saturated carbocycles. The van der Waals surface area contributed by atoms with E-state index in [4.69, 9.17) is 9.84 Å². The number of rotatable bonds is 16.